The van der Waals surface area contributed by atoms with Crippen LogP contribution in [0.5, 0.6) is 11.5 Å². The Bertz CT molecular complexity index is 1310. The van der Waals surface area contributed by atoms with Crippen LogP contribution in [0.25, 0.3) is 21.9 Å². The van der Waals surface area contributed by atoms with Crippen molar-refractivity contribution < 1.29 is 39.2 Å². The zero-order chi connectivity index (χ0) is 23.2. The second kappa shape index (κ2) is 8.12. The first-order chi connectivity index (χ1) is 14.5. The van der Waals surface area contributed by atoms with Gasteiger partial charge in [-0.15, -0.1) is 11.8 Å². The predicted octanol–water partition coefficient (Wildman–Crippen LogP) is 2.61. The van der Waals surface area contributed by atoms with Crippen LogP contribution >= 0.6 is 11.8 Å². The smallest absolute Gasteiger partial charge is 0.340 e. The number of thioether (sulfide) groups is 1. The second-order valence-corrected chi connectivity index (χ2v) is 8.02. The van der Waals surface area contributed by atoms with Gasteiger partial charge in [-0.1, -0.05) is 0 Å². The Morgan fingerprint density at radius 2 is 1.77 bits per heavy atom. The van der Waals surface area contributed by atoms with E-state index < -0.39 is 35.0 Å². The molecule has 31 heavy (non-hydrogen) atoms. The molecule has 1 aromatic heterocycles. The third-order valence-corrected chi connectivity index (χ3v) is 6.42. The van der Waals surface area contributed by atoms with Gasteiger partial charge in [0.1, 0.15) is 28.1 Å². The minimum Gasteiger partial charge on any atom is -0.507 e. The maximum atomic E-state index is 13.4. The van der Waals surface area contributed by atoms with Gasteiger partial charge in [0.25, 0.3) is 0 Å². The number of hydrogen-bond donors (Lipinski definition) is 4. The summed E-state index contributed by atoms with van der Waals surface area (Å²) in [6, 6.07) is 1.13. The molecule has 0 saturated heterocycles. The van der Waals surface area contributed by atoms with Gasteiger partial charge in [0.2, 0.25) is 5.43 Å². The number of aromatic hydroxyl groups is 2. The van der Waals surface area contributed by atoms with E-state index in [0.29, 0.717) is 22.9 Å². The van der Waals surface area contributed by atoms with Crippen LogP contribution in [0.3, 0.4) is 0 Å². The normalized spacial score (nSPS) is 12.3. The summed E-state index contributed by atoms with van der Waals surface area (Å²) in [6.07, 6.45) is -1.77. The predicted molar refractivity (Wildman–Crippen MR) is 113 cm³/mol. The SMILES string of the molecule is COC(=O)c1c(SCC(O)C(=O)O)c(O)cc2oc3c(C)c(C)c(C)c(O)c3c(=O)c12. The molecule has 0 saturated carbocycles. The molecule has 0 spiro atoms. The maximum absolute atomic E-state index is 13.4. The van der Waals surface area contributed by atoms with E-state index in [0.717, 1.165) is 18.7 Å². The van der Waals surface area contributed by atoms with Crippen molar-refractivity contribution in [2.24, 2.45) is 0 Å². The fraction of sp³-hybridized carbons (Fsp3) is 0.286. The molecule has 2 aromatic carbocycles. The molecule has 1 atom stereocenters. The number of phenolic OH excluding ortho intramolecular Hbond substituents is 2. The van der Waals surface area contributed by atoms with Gasteiger partial charge in [-0.2, -0.15) is 0 Å². The molecule has 0 fully saturated rings. The van der Waals surface area contributed by atoms with E-state index in [1.54, 1.807) is 20.8 Å². The summed E-state index contributed by atoms with van der Waals surface area (Å²) < 4.78 is 10.6. The molecule has 0 aliphatic carbocycles. The van der Waals surface area contributed by atoms with E-state index in [4.69, 9.17) is 14.3 Å². The van der Waals surface area contributed by atoms with Crippen molar-refractivity contribution in [3.8, 4) is 11.5 Å². The first-order valence-corrected chi connectivity index (χ1v) is 10.1. The molecular formula is C21H20O9S. The number of ether oxygens (including phenoxy) is 1. The summed E-state index contributed by atoms with van der Waals surface area (Å²) in [5, 5.41) is 39.2. The van der Waals surface area contributed by atoms with E-state index >= 15 is 0 Å². The first-order valence-electron chi connectivity index (χ1n) is 9.08. The van der Waals surface area contributed by atoms with Gasteiger partial charge in [0.05, 0.1) is 23.0 Å². The Morgan fingerprint density at radius 1 is 1.13 bits per heavy atom. The molecule has 0 aliphatic rings. The molecule has 0 aliphatic heterocycles. The van der Waals surface area contributed by atoms with Crippen LogP contribution in [0, 0.1) is 20.8 Å². The Morgan fingerprint density at radius 3 is 2.35 bits per heavy atom. The van der Waals surface area contributed by atoms with Crippen molar-refractivity contribution >= 4 is 45.6 Å². The lowest BCUT2D eigenvalue weighted by Gasteiger charge is -2.16. The van der Waals surface area contributed by atoms with E-state index in [9.17, 15) is 29.7 Å². The van der Waals surface area contributed by atoms with E-state index in [-0.39, 0.29) is 38.1 Å². The summed E-state index contributed by atoms with van der Waals surface area (Å²) in [5.41, 5.74) is 0.784. The molecule has 1 unspecified atom stereocenters. The highest BCUT2D eigenvalue weighted by molar-refractivity contribution is 7.99. The number of methoxy groups -OCH3 is 1. The first kappa shape index (κ1) is 22.4. The lowest BCUT2D eigenvalue weighted by Crippen LogP contribution is -2.22. The zero-order valence-corrected chi connectivity index (χ0v) is 17.9. The lowest BCUT2D eigenvalue weighted by atomic mass is 9.97. The van der Waals surface area contributed by atoms with Gasteiger partial charge in [-0.05, 0) is 37.5 Å². The fourth-order valence-electron chi connectivity index (χ4n) is 3.29. The number of phenols is 2. The zero-order valence-electron chi connectivity index (χ0n) is 17.1. The molecule has 3 aromatic rings. The highest BCUT2D eigenvalue weighted by Crippen LogP contribution is 2.40. The van der Waals surface area contributed by atoms with Gasteiger partial charge in [-0.25, -0.2) is 9.59 Å². The van der Waals surface area contributed by atoms with E-state index in [1.165, 1.54) is 0 Å². The monoisotopic (exact) mass is 448 g/mol. The number of aliphatic carboxylic acids is 1. The molecule has 0 bridgehead atoms. The number of carbonyl (C=O) groups is 2. The van der Waals surface area contributed by atoms with E-state index in [1.807, 2.05) is 0 Å². The highest BCUT2D eigenvalue weighted by Gasteiger charge is 2.28. The number of carbonyl (C=O) groups excluding carboxylic acids is 1. The van der Waals surface area contributed by atoms with Crippen LogP contribution < -0.4 is 5.43 Å². The number of carboxylic acid groups (broad SMARTS) is 1. The summed E-state index contributed by atoms with van der Waals surface area (Å²) in [6.45, 7) is 5.13. The topological polar surface area (TPSA) is 154 Å². The largest absolute Gasteiger partial charge is 0.507 e. The molecule has 3 rings (SSSR count). The summed E-state index contributed by atoms with van der Waals surface area (Å²) in [4.78, 5) is 36.8. The molecule has 0 radical (unpaired) electrons. The average molecular weight is 448 g/mol. The number of carboxylic acids is 1. The standard InChI is InChI=1S/C21H20O9S/c1-7-8(2)16(24)15-17(25)13-12(30-18(15)9(7)3)5-10(22)19(14(13)21(28)29-4)31-6-11(23)20(26)27/h5,11,22-24H,6H2,1-4H3,(H,26,27). The third kappa shape index (κ3) is 3.57. The molecule has 10 heteroatoms. The van der Waals surface area contributed by atoms with Crippen molar-refractivity contribution in [1.82, 2.24) is 0 Å². The van der Waals surface area contributed by atoms with Gasteiger partial charge in [0.15, 0.2) is 6.10 Å². The maximum Gasteiger partial charge on any atom is 0.340 e. The molecule has 0 amide bonds. The van der Waals surface area contributed by atoms with Crippen LogP contribution in [0.2, 0.25) is 0 Å². The van der Waals surface area contributed by atoms with Crippen LogP contribution in [0.4, 0.5) is 0 Å². The minimum atomic E-state index is -1.77. The number of aliphatic hydroxyl groups excluding tert-OH is 1. The quantitative estimate of drug-likeness (QED) is 0.260. The lowest BCUT2D eigenvalue weighted by molar-refractivity contribution is -0.145. The van der Waals surface area contributed by atoms with Crippen molar-refractivity contribution in [3.05, 3.63) is 38.5 Å². The fourth-order valence-corrected chi connectivity index (χ4v) is 4.30. The Kier molecular flexibility index (Phi) is 5.88. The number of aryl methyl sites for hydroxylation is 1. The van der Waals surface area contributed by atoms with Gasteiger partial charge < -0.3 is 29.6 Å². The van der Waals surface area contributed by atoms with Crippen LogP contribution in [-0.4, -0.2) is 51.3 Å². The second-order valence-electron chi connectivity index (χ2n) is 6.99. The number of rotatable bonds is 5. The molecular weight excluding hydrogens is 428 g/mol. The Labute approximate surface area is 179 Å². The van der Waals surface area contributed by atoms with Crippen molar-refractivity contribution in [3.63, 3.8) is 0 Å². The third-order valence-electron chi connectivity index (χ3n) is 5.23. The van der Waals surface area contributed by atoms with E-state index in [2.05, 4.69) is 0 Å². The summed E-state index contributed by atoms with van der Waals surface area (Å²) in [5.74, 6) is -3.60. The average Bonchev–Trinajstić information content (AvgIpc) is 2.73. The number of aliphatic hydroxyl groups is 1. The number of hydrogen-bond acceptors (Lipinski definition) is 9. The number of fused-ring (bicyclic) bond motifs is 2. The summed E-state index contributed by atoms with van der Waals surface area (Å²) >= 11 is 0.671. The molecule has 164 valence electrons. The van der Waals surface area contributed by atoms with Crippen LogP contribution in [0.1, 0.15) is 27.0 Å². The van der Waals surface area contributed by atoms with Gasteiger partial charge in [0, 0.05) is 11.8 Å². The van der Waals surface area contributed by atoms with Crippen LogP contribution in [0.15, 0.2) is 20.2 Å². The number of esters is 1. The van der Waals surface area contributed by atoms with Crippen molar-refractivity contribution in [1.29, 1.82) is 0 Å². The van der Waals surface area contributed by atoms with Gasteiger partial charge >= 0.3 is 11.9 Å². The molecule has 1 heterocycles. The molecule has 9 nitrogen and oxygen atoms in total. The van der Waals surface area contributed by atoms with Gasteiger partial charge in [-0.3, -0.25) is 4.79 Å². The number of benzene rings is 2. The van der Waals surface area contributed by atoms with Crippen LogP contribution in [-0.2, 0) is 9.53 Å². The van der Waals surface area contributed by atoms with Crippen molar-refractivity contribution in [2.75, 3.05) is 12.9 Å². The summed E-state index contributed by atoms with van der Waals surface area (Å²) in [7, 11) is 1.08. The molecule has 4 N–H and O–H groups in total. The highest BCUT2D eigenvalue weighted by atomic mass is 32.2. The van der Waals surface area contributed by atoms with Crippen molar-refractivity contribution in [2.45, 2.75) is 31.8 Å². The minimum absolute atomic E-state index is 0.107. The Hall–Kier alpha value is -3.24. The Balaban J connectivity index is 2.46.